The fraction of sp³-hybridized carbons (Fsp3) is 0.200. The van der Waals surface area contributed by atoms with Crippen molar-refractivity contribution in [2.75, 3.05) is 0 Å². The Kier molecular flexibility index (Phi) is 2.47. The van der Waals surface area contributed by atoms with E-state index < -0.39 is 0 Å². The van der Waals surface area contributed by atoms with Crippen molar-refractivity contribution < 1.29 is 4.39 Å². The summed E-state index contributed by atoms with van der Waals surface area (Å²) in [5.74, 6) is -0.352. The molecule has 1 unspecified atom stereocenters. The number of benzene rings is 1. The second-order valence-corrected chi connectivity index (χ2v) is 3.34. The topological polar surface area (TPSA) is 56.7 Å². The maximum Gasteiger partial charge on any atom is 0.149 e. The van der Waals surface area contributed by atoms with Gasteiger partial charge in [-0.05, 0) is 24.6 Å². The zero-order chi connectivity index (χ0) is 10.8. The van der Waals surface area contributed by atoms with Gasteiger partial charge in [0, 0.05) is 6.04 Å². The van der Waals surface area contributed by atoms with Crippen LogP contribution < -0.4 is 5.73 Å². The number of halogens is 1. The number of nitrogens with two attached hydrogens (primary N) is 1. The summed E-state index contributed by atoms with van der Waals surface area (Å²) in [7, 11) is 0. The van der Waals surface area contributed by atoms with Crippen LogP contribution in [0.5, 0.6) is 0 Å². The van der Waals surface area contributed by atoms with Gasteiger partial charge in [0.15, 0.2) is 0 Å². The van der Waals surface area contributed by atoms with Crippen LogP contribution in [0.2, 0.25) is 0 Å². The standard InChI is InChI=1S/C10H11FN4/c1-7(12)8-2-3-10(9(11)4-8)15-6-13-5-14-15/h2-7H,12H2,1H3. The number of hydrogen-bond acceptors (Lipinski definition) is 3. The van der Waals surface area contributed by atoms with Crippen LogP contribution >= 0.6 is 0 Å². The Morgan fingerprint density at radius 1 is 1.47 bits per heavy atom. The molecule has 0 fully saturated rings. The Morgan fingerprint density at radius 3 is 2.80 bits per heavy atom. The SMILES string of the molecule is CC(N)c1ccc(-n2cncn2)c(F)c1. The molecule has 2 N–H and O–H groups in total. The number of rotatable bonds is 2. The normalized spacial score (nSPS) is 12.7. The van der Waals surface area contributed by atoms with Crippen molar-refractivity contribution in [3.63, 3.8) is 0 Å². The fourth-order valence-corrected chi connectivity index (χ4v) is 1.32. The van der Waals surface area contributed by atoms with Crippen LogP contribution in [0.15, 0.2) is 30.9 Å². The van der Waals surface area contributed by atoms with Crippen molar-refractivity contribution >= 4 is 0 Å². The van der Waals surface area contributed by atoms with Gasteiger partial charge >= 0.3 is 0 Å². The van der Waals surface area contributed by atoms with Crippen LogP contribution in [0.3, 0.4) is 0 Å². The molecule has 0 saturated carbocycles. The lowest BCUT2D eigenvalue weighted by Gasteiger charge is -2.08. The van der Waals surface area contributed by atoms with E-state index in [1.807, 2.05) is 6.92 Å². The van der Waals surface area contributed by atoms with Gasteiger partial charge in [0.2, 0.25) is 0 Å². The van der Waals surface area contributed by atoms with Crippen molar-refractivity contribution in [2.45, 2.75) is 13.0 Å². The molecule has 2 rings (SSSR count). The molecular formula is C10H11FN4. The summed E-state index contributed by atoms with van der Waals surface area (Å²) in [6.07, 6.45) is 2.81. The molecule has 0 aliphatic carbocycles. The van der Waals surface area contributed by atoms with E-state index in [1.54, 1.807) is 12.1 Å². The smallest absolute Gasteiger partial charge is 0.149 e. The Hall–Kier alpha value is -1.75. The molecule has 1 aromatic heterocycles. The number of aromatic nitrogens is 3. The Balaban J connectivity index is 2.44. The molecule has 0 radical (unpaired) electrons. The summed E-state index contributed by atoms with van der Waals surface area (Å²) in [6, 6.07) is 4.67. The Labute approximate surface area is 86.6 Å². The third-order valence-electron chi connectivity index (χ3n) is 2.16. The maximum absolute atomic E-state index is 13.6. The molecule has 0 spiro atoms. The first-order valence-corrected chi connectivity index (χ1v) is 4.58. The van der Waals surface area contributed by atoms with E-state index in [0.717, 1.165) is 5.56 Å². The van der Waals surface area contributed by atoms with Crippen molar-refractivity contribution in [3.8, 4) is 5.69 Å². The van der Waals surface area contributed by atoms with Gasteiger partial charge in [0.05, 0.1) is 0 Å². The molecule has 1 atom stereocenters. The molecule has 5 heteroatoms. The summed E-state index contributed by atoms with van der Waals surface area (Å²) in [4.78, 5) is 3.76. The van der Waals surface area contributed by atoms with E-state index in [4.69, 9.17) is 5.73 Å². The molecule has 1 aromatic carbocycles. The highest BCUT2D eigenvalue weighted by Gasteiger charge is 2.07. The molecule has 4 nitrogen and oxygen atoms in total. The fourth-order valence-electron chi connectivity index (χ4n) is 1.32. The molecule has 0 amide bonds. The van der Waals surface area contributed by atoms with Crippen molar-refractivity contribution in [1.29, 1.82) is 0 Å². The van der Waals surface area contributed by atoms with Gasteiger partial charge in [0.1, 0.15) is 24.2 Å². The van der Waals surface area contributed by atoms with Crippen molar-refractivity contribution in [1.82, 2.24) is 14.8 Å². The average Bonchev–Trinajstić information content (AvgIpc) is 2.70. The van der Waals surface area contributed by atoms with Crippen LogP contribution in [0.25, 0.3) is 5.69 Å². The summed E-state index contributed by atoms with van der Waals surface area (Å²) in [5.41, 5.74) is 6.78. The first-order chi connectivity index (χ1) is 7.18. The van der Waals surface area contributed by atoms with Crippen LogP contribution in [-0.2, 0) is 0 Å². The summed E-state index contributed by atoms with van der Waals surface area (Å²) in [6.45, 7) is 1.81. The molecule has 1 heterocycles. The van der Waals surface area contributed by atoms with Gasteiger partial charge in [-0.15, -0.1) is 0 Å². The number of nitrogens with zero attached hydrogens (tertiary/aromatic N) is 3. The average molecular weight is 206 g/mol. The van der Waals surface area contributed by atoms with E-state index in [0.29, 0.717) is 5.69 Å². The predicted molar refractivity (Wildman–Crippen MR) is 53.9 cm³/mol. The summed E-state index contributed by atoms with van der Waals surface area (Å²) < 4.78 is 15.0. The minimum atomic E-state index is -0.352. The monoisotopic (exact) mass is 206 g/mol. The molecule has 2 aromatic rings. The van der Waals surface area contributed by atoms with Gasteiger partial charge in [-0.1, -0.05) is 6.07 Å². The highest BCUT2D eigenvalue weighted by molar-refractivity contribution is 5.36. The van der Waals surface area contributed by atoms with Gasteiger partial charge in [-0.25, -0.2) is 14.1 Å². The van der Waals surface area contributed by atoms with E-state index >= 15 is 0 Å². The second-order valence-electron chi connectivity index (χ2n) is 3.34. The zero-order valence-electron chi connectivity index (χ0n) is 8.26. The lowest BCUT2D eigenvalue weighted by Crippen LogP contribution is -2.06. The molecule has 15 heavy (non-hydrogen) atoms. The van der Waals surface area contributed by atoms with Crippen LogP contribution in [0.4, 0.5) is 4.39 Å². The van der Waals surface area contributed by atoms with Gasteiger partial charge in [-0.2, -0.15) is 5.10 Å². The first-order valence-electron chi connectivity index (χ1n) is 4.58. The minimum absolute atomic E-state index is 0.177. The molecule has 0 saturated heterocycles. The zero-order valence-corrected chi connectivity index (χ0v) is 8.26. The molecule has 78 valence electrons. The minimum Gasteiger partial charge on any atom is -0.324 e. The second kappa shape index (κ2) is 3.78. The van der Waals surface area contributed by atoms with Crippen molar-refractivity contribution in [2.24, 2.45) is 5.73 Å². The van der Waals surface area contributed by atoms with E-state index in [9.17, 15) is 4.39 Å². The quantitative estimate of drug-likeness (QED) is 0.808. The summed E-state index contributed by atoms with van der Waals surface area (Å²) >= 11 is 0. The highest BCUT2D eigenvalue weighted by atomic mass is 19.1. The Bertz CT molecular complexity index is 450. The van der Waals surface area contributed by atoms with Gasteiger partial charge in [0.25, 0.3) is 0 Å². The number of hydrogen-bond donors (Lipinski definition) is 1. The van der Waals surface area contributed by atoms with Crippen LogP contribution in [-0.4, -0.2) is 14.8 Å². The predicted octanol–water partition coefficient (Wildman–Crippen LogP) is 1.43. The largest absolute Gasteiger partial charge is 0.324 e. The molecule has 0 aliphatic rings. The van der Waals surface area contributed by atoms with Gasteiger partial charge < -0.3 is 5.73 Å². The summed E-state index contributed by atoms with van der Waals surface area (Å²) in [5, 5.41) is 3.86. The highest BCUT2D eigenvalue weighted by Crippen LogP contribution is 2.17. The van der Waals surface area contributed by atoms with Crippen LogP contribution in [0, 0.1) is 5.82 Å². The lowest BCUT2D eigenvalue weighted by atomic mass is 10.1. The molecule has 0 aliphatic heterocycles. The van der Waals surface area contributed by atoms with E-state index in [1.165, 1.54) is 23.4 Å². The van der Waals surface area contributed by atoms with E-state index in [-0.39, 0.29) is 11.9 Å². The lowest BCUT2D eigenvalue weighted by molar-refractivity contribution is 0.605. The Morgan fingerprint density at radius 2 is 2.27 bits per heavy atom. The molecular weight excluding hydrogens is 195 g/mol. The third-order valence-corrected chi connectivity index (χ3v) is 2.16. The van der Waals surface area contributed by atoms with Gasteiger partial charge in [-0.3, -0.25) is 0 Å². The molecule has 0 bridgehead atoms. The van der Waals surface area contributed by atoms with E-state index in [2.05, 4.69) is 10.1 Å². The van der Waals surface area contributed by atoms with Crippen molar-refractivity contribution in [3.05, 3.63) is 42.2 Å². The maximum atomic E-state index is 13.6. The third kappa shape index (κ3) is 1.87. The van der Waals surface area contributed by atoms with Crippen LogP contribution in [0.1, 0.15) is 18.5 Å². The first kappa shape index (κ1) is 9.79.